The van der Waals surface area contributed by atoms with Gasteiger partial charge in [0.25, 0.3) is 0 Å². The molecule has 3 nitrogen and oxygen atoms in total. The van der Waals surface area contributed by atoms with Crippen molar-refractivity contribution in [2.45, 2.75) is 53.4 Å². The largest absolute Gasteiger partial charge is 0.498 e. The molecule has 0 spiro atoms. The van der Waals surface area contributed by atoms with E-state index in [1.807, 2.05) is 41.5 Å². The van der Waals surface area contributed by atoms with E-state index < -0.39 is 11.8 Å². The Morgan fingerprint density at radius 3 is 1.44 bits per heavy atom. The van der Waals surface area contributed by atoms with Gasteiger partial charge in [-0.15, -0.1) is 0 Å². The average Bonchev–Trinajstić information content (AvgIpc) is 2.49. The molecule has 0 N–H and O–H groups in total. The predicted molar refractivity (Wildman–Crippen MR) is 103 cm³/mol. The quantitative estimate of drug-likeness (QED) is 0.671. The molecule has 2 aromatic carbocycles. The molecule has 0 fully saturated rings. The van der Waals surface area contributed by atoms with Gasteiger partial charge in [-0.1, -0.05) is 35.4 Å². The van der Waals surface area contributed by atoms with Crippen molar-refractivity contribution in [3.8, 4) is 12.1 Å². The molecule has 2 rings (SSSR count). The molecule has 0 aromatic heterocycles. The molecule has 0 bridgehead atoms. The molecule has 2 atom stereocenters. The maximum atomic E-state index is 11.1. The van der Waals surface area contributed by atoms with Crippen LogP contribution in [0.2, 0.25) is 0 Å². The highest BCUT2D eigenvalue weighted by Crippen LogP contribution is 2.39. The van der Waals surface area contributed by atoms with Crippen molar-refractivity contribution in [3.05, 3.63) is 79.0 Å². The van der Waals surface area contributed by atoms with Gasteiger partial charge < -0.3 is 5.21 Å². The summed E-state index contributed by atoms with van der Waals surface area (Å²) >= 11 is 0. The van der Waals surface area contributed by atoms with Gasteiger partial charge in [0.2, 0.25) is 0 Å². The van der Waals surface area contributed by atoms with E-state index in [0.717, 1.165) is 44.5 Å². The summed E-state index contributed by atoms with van der Waals surface area (Å²) in [6.07, 6.45) is 0. The number of rotatable bonds is 3. The molecular formula is C22H24N2O. The lowest BCUT2D eigenvalue weighted by molar-refractivity contribution is 0.747. The molecule has 0 saturated heterocycles. The van der Waals surface area contributed by atoms with Crippen LogP contribution in [-0.4, -0.2) is 0 Å². The zero-order chi connectivity index (χ0) is 18.7. The molecule has 2 unspecified atom stereocenters. The Balaban J connectivity index is 2.72. The molecular weight excluding hydrogens is 308 g/mol. The number of nitrogens with zero attached hydrogens (tertiary/aromatic N) is 2. The van der Waals surface area contributed by atoms with Crippen molar-refractivity contribution < 1.29 is 0 Å². The number of benzene rings is 2. The minimum atomic E-state index is -0.501. The lowest BCUT2D eigenvalue weighted by Crippen LogP contribution is -2.14. The van der Waals surface area contributed by atoms with Gasteiger partial charge in [-0.3, -0.25) is 0 Å². The Bertz CT molecular complexity index is 864. The van der Waals surface area contributed by atoms with Gasteiger partial charge >= 0.3 is 6.07 Å². The molecule has 0 saturated carbocycles. The third kappa shape index (κ3) is 3.67. The third-order valence-electron chi connectivity index (χ3n) is 4.76. The van der Waals surface area contributed by atoms with Crippen molar-refractivity contribution in [3.63, 3.8) is 0 Å². The van der Waals surface area contributed by atoms with Crippen molar-refractivity contribution >= 4 is 0 Å². The monoisotopic (exact) mass is 332 g/mol. The summed E-state index contributed by atoms with van der Waals surface area (Å²) in [6, 6.07) is 13.4. The van der Waals surface area contributed by atoms with E-state index in [0.29, 0.717) is 0 Å². The maximum absolute atomic E-state index is 11.1. The summed E-state index contributed by atoms with van der Waals surface area (Å²) in [5, 5.41) is 24.0. The smallest absolute Gasteiger partial charge is 0.308 e. The van der Waals surface area contributed by atoms with Gasteiger partial charge in [-0.2, -0.15) is 5.26 Å². The molecule has 0 aliphatic carbocycles. The topological polar surface area (TPSA) is 51.2 Å². The molecule has 128 valence electrons. The molecule has 0 amide bonds. The van der Waals surface area contributed by atoms with Crippen LogP contribution in [0.1, 0.15) is 56.3 Å². The summed E-state index contributed by atoms with van der Waals surface area (Å²) < 4.78 is 0. The highest BCUT2D eigenvalue weighted by atomic mass is 16.4. The summed E-state index contributed by atoms with van der Waals surface area (Å²) in [4.78, 5) is 0. The SMILES string of the molecule is Cc1cc(C)c(C(C#N)C(C#[N+][O-])c2c(C)cc(C)cc2C)c(C)c1. The van der Waals surface area contributed by atoms with Crippen molar-refractivity contribution in [1.29, 1.82) is 5.26 Å². The van der Waals surface area contributed by atoms with Crippen LogP contribution in [0, 0.1) is 64.2 Å². The van der Waals surface area contributed by atoms with Gasteiger partial charge in [0.05, 0.1) is 12.0 Å². The fourth-order valence-electron chi connectivity index (χ4n) is 4.03. The molecule has 0 aliphatic rings. The highest BCUT2D eigenvalue weighted by molar-refractivity contribution is 5.50. The van der Waals surface area contributed by atoms with E-state index in [1.165, 1.54) is 0 Å². The van der Waals surface area contributed by atoms with E-state index in [1.54, 1.807) is 0 Å². The van der Waals surface area contributed by atoms with E-state index >= 15 is 0 Å². The molecule has 0 heterocycles. The predicted octanol–water partition coefficient (Wildman–Crippen LogP) is 5.76. The second-order valence-electron chi connectivity index (χ2n) is 6.93. The number of hydrogen-bond acceptors (Lipinski definition) is 2. The normalized spacial score (nSPS) is 12.7. The second-order valence-corrected chi connectivity index (χ2v) is 6.93. The van der Waals surface area contributed by atoms with Crippen molar-refractivity contribution in [2.75, 3.05) is 0 Å². The van der Waals surface area contributed by atoms with E-state index in [2.05, 4.69) is 41.4 Å². The van der Waals surface area contributed by atoms with Gasteiger partial charge in [-0.05, 0) is 74.9 Å². The Labute approximate surface area is 150 Å². The van der Waals surface area contributed by atoms with Gasteiger partial charge in [0.15, 0.2) is 0 Å². The van der Waals surface area contributed by atoms with E-state index in [-0.39, 0.29) is 0 Å². The first kappa shape index (κ1) is 18.6. The molecule has 3 heteroatoms. The molecule has 2 aromatic rings. The zero-order valence-electron chi connectivity index (χ0n) is 15.8. The zero-order valence-corrected chi connectivity index (χ0v) is 15.8. The van der Waals surface area contributed by atoms with Crippen LogP contribution in [0.4, 0.5) is 0 Å². The van der Waals surface area contributed by atoms with Crippen LogP contribution in [0.5, 0.6) is 0 Å². The molecule has 0 radical (unpaired) electrons. The van der Waals surface area contributed by atoms with Crippen molar-refractivity contribution in [1.82, 2.24) is 0 Å². The lowest BCUT2D eigenvalue weighted by Gasteiger charge is -2.22. The van der Waals surface area contributed by atoms with Gasteiger partial charge in [-0.25, -0.2) is 0 Å². The number of nitriles is 1. The maximum Gasteiger partial charge on any atom is 0.308 e. The van der Waals surface area contributed by atoms with Crippen LogP contribution in [-0.2, 0) is 0 Å². The van der Waals surface area contributed by atoms with E-state index in [4.69, 9.17) is 0 Å². The first-order valence-electron chi connectivity index (χ1n) is 8.43. The minimum Gasteiger partial charge on any atom is -0.498 e. The number of hydrogen-bond donors (Lipinski definition) is 0. The van der Waals surface area contributed by atoms with Crippen LogP contribution < -0.4 is 0 Å². The Morgan fingerprint density at radius 1 is 0.760 bits per heavy atom. The standard InChI is InChI=1S/C22H24N2O/c1-13-7-15(3)21(16(4)8-13)19(11-23)20(12-24-25)22-17(5)9-14(2)10-18(22)6/h7-10,19-20H,1-6H3. The Kier molecular flexibility index (Phi) is 5.50. The molecule has 0 aliphatic heterocycles. The third-order valence-corrected chi connectivity index (χ3v) is 4.76. The summed E-state index contributed by atoms with van der Waals surface area (Å²) in [5.41, 5.74) is 8.49. The number of aryl methyl sites for hydroxylation is 6. The van der Waals surface area contributed by atoms with Crippen LogP contribution in [0.3, 0.4) is 0 Å². The first-order chi connectivity index (χ1) is 11.8. The van der Waals surface area contributed by atoms with Crippen LogP contribution in [0.25, 0.3) is 5.01 Å². The Morgan fingerprint density at radius 2 is 1.12 bits per heavy atom. The highest BCUT2D eigenvalue weighted by Gasteiger charge is 2.32. The fourth-order valence-corrected chi connectivity index (χ4v) is 4.03. The average molecular weight is 332 g/mol. The summed E-state index contributed by atoms with van der Waals surface area (Å²) in [5.74, 6) is -0.985. The van der Waals surface area contributed by atoms with E-state index in [9.17, 15) is 10.5 Å². The Hall–Kier alpha value is -2.78. The van der Waals surface area contributed by atoms with Crippen molar-refractivity contribution in [2.24, 2.45) is 0 Å². The fraction of sp³-hybridized carbons (Fsp3) is 0.364. The van der Waals surface area contributed by atoms with Gasteiger partial charge in [0, 0.05) is 5.01 Å². The van der Waals surface area contributed by atoms with Crippen LogP contribution >= 0.6 is 0 Å². The van der Waals surface area contributed by atoms with Crippen LogP contribution in [0.15, 0.2) is 24.3 Å². The molecule has 25 heavy (non-hydrogen) atoms. The summed E-state index contributed by atoms with van der Waals surface area (Å²) in [7, 11) is 0. The second kappa shape index (κ2) is 7.41. The first-order valence-corrected chi connectivity index (χ1v) is 8.43. The van der Waals surface area contributed by atoms with Gasteiger partial charge in [0.1, 0.15) is 5.92 Å². The lowest BCUT2D eigenvalue weighted by atomic mass is 9.76. The minimum absolute atomic E-state index is 0.483. The summed E-state index contributed by atoms with van der Waals surface area (Å²) in [6.45, 7) is 12.1.